The van der Waals surface area contributed by atoms with E-state index in [1.807, 2.05) is 67.0 Å². The Morgan fingerprint density at radius 1 is 0.971 bits per heavy atom. The molecule has 1 saturated heterocycles. The molecule has 2 aromatic heterocycles. The minimum Gasteiger partial charge on any atom is -0.347 e. The topological polar surface area (TPSA) is 65.1 Å². The molecule has 2 aromatic carbocycles. The number of H-pyrrole nitrogens is 1. The van der Waals surface area contributed by atoms with Crippen LogP contribution in [0.25, 0.3) is 11.3 Å². The van der Waals surface area contributed by atoms with Crippen LogP contribution in [-0.4, -0.2) is 45.4 Å². The molecule has 0 saturated carbocycles. The summed E-state index contributed by atoms with van der Waals surface area (Å²) in [6, 6.07) is 19.2. The second kappa shape index (κ2) is 9.97. The van der Waals surface area contributed by atoms with E-state index in [1.165, 1.54) is 0 Å². The lowest BCUT2D eigenvalue weighted by molar-refractivity contribution is -0.122. The molecule has 5 rings (SSSR count). The number of hydrogen-bond donors (Lipinski definition) is 1. The number of pyridine rings is 1. The normalized spacial score (nSPS) is 15.5. The first-order chi connectivity index (χ1) is 16.6. The number of hydrogen-bond acceptors (Lipinski definition) is 4. The second-order valence-corrected chi connectivity index (χ2v) is 9.15. The first-order valence-corrected chi connectivity index (χ1v) is 11.8. The van der Waals surface area contributed by atoms with Crippen LogP contribution in [-0.2, 0) is 11.2 Å². The Morgan fingerprint density at radius 3 is 2.50 bits per heavy atom. The van der Waals surface area contributed by atoms with E-state index in [0.717, 1.165) is 34.7 Å². The van der Waals surface area contributed by atoms with Gasteiger partial charge in [-0.15, -0.1) is 0 Å². The van der Waals surface area contributed by atoms with Gasteiger partial charge in [0.15, 0.2) is 0 Å². The maximum atomic E-state index is 13.1. The minimum absolute atomic E-state index is 0.0175. The molecule has 1 unspecified atom stereocenters. The highest BCUT2D eigenvalue weighted by Crippen LogP contribution is 2.28. The number of rotatable bonds is 6. The number of imidazole rings is 1. The quantitative estimate of drug-likeness (QED) is 0.391. The standard InChI is InChI=1S/C26H23Cl2N5O/c27-20-7-5-19(6-8-20)23-9-4-18(14-30-23)12-25(24-15-29-17-31-24)32-10-11-33(26(34)16-32)22-3-1-2-21(28)13-22/h1-9,13-15,17,25H,10-12,16H2,(H,29,31). The molecule has 34 heavy (non-hydrogen) atoms. The van der Waals surface area contributed by atoms with Gasteiger partial charge in [0, 0.05) is 46.8 Å². The molecule has 0 bridgehead atoms. The fourth-order valence-electron chi connectivity index (χ4n) is 4.32. The lowest BCUT2D eigenvalue weighted by Gasteiger charge is -2.38. The van der Waals surface area contributed by atoms with E-state index in [2.05, 4.69) is 25.9 Å². The zero-order valence-electron chi connectivity index (χ0n) is 18.4. The van der Waals surface area contributed by atoms with Crippen molar-refractivity contribution < 1.29 is 4.79 Å². The maximum Gasteiger partial charge on any atom is 0.241 e. The molecular weight excluding hydrogens is 469 g/mol. The van der Waals surface area contributed by atoms with Gasteiger partial charge in [-0.2, -0.15) is 0 Å². The van der Waals surface area contributed by atoms with Gasteiger partial charge >= 0.3 is 0 Å². The molecule has 0 radical (unpaired) electrons. The zero-order chi connectivity index (χ0) is 23.5. The highest BCUT2D eigenvalue weighted by Gasteiger charge is 2.31. The van der Waals surface area contributed by atoms with Gasteiger partial charge in [0.1, 0.15) is 0 Å². The number of aromatic nitrogens is 3. The van der Waals surface area contributed by atoms with Crippen molar-refractivity contribution in [3.8, 4) is 11.3 Å². The largest absolute Gasteiger partial charge is 0.347 e. The van der Waals surface area contributed by atoms with Crippen LogP contribution in [0.3, 0.4) is 0 Å². The summed E-state index contributed by atoms with van der Waals surface area (Å²) in [5.74, 6) is 0.0502. The number of aromatic amines is 1. The van der Waals surface area contributed by atoms with Gasteiger partial charge in [0.25, 0.3) is 0 Å². The molecular formula is C26H23Cl2N5O. The Kier molecular flexibility index (Phi) is 6.63. The van der Waals surface area contributed by atoms with Crippen LogP contribution in [0.15, 0.2) is 79.4 Å². The van der Waals surface area contributed by atoms with Crippen LogP contribution in [0.2, 0.25) is 10.0 Å². The Balaban J connectivity index is 1.33. The van der Waals surface area contributed by atoms with E-state index in [0.29, 0.717) is 29.6 Å². The Hall–Kier alpha value is -3.19. The highest BCUT2D eigenvalue weighted by molar-refractivity contribution is 6.31. The molecule has 1 fully saturated rings. The van der Waals surface area contributed by atoms with Crippen molar-refractivity contribution in [2.24, 2.45) is 0 Å². The SMILES string of the molecule is O=C1CN(C(Cc2ccc(-c3ccc(Cl)cc3)nc2)c2cnc[nH]2)CCN1c1cccc(Cl)c1. The van der Waals surface area contributed by atoms with E-state index < -0.39 is 0 Å². The van der Waals surface area contributed by atoms with Crippen molar-refractivity contribution in [1.29, 1.82) is 0 Å². The summed E-state index contributed by atoms with van der Waals surface area (Å²) in [6.07, 6.45) is 6.11. The van der Waals surface area contributed by atoms with Crippen LogP contribution in [0.5, 0.6) is 0 Å². The lowest BCUT2D eigenvalue weighted by Crippen LogP contribution is -2.51. The van der Waals surface area contributed by atoms with Crippen molar-refractivity contribution in [3.05, 3.63) is 101 Å². The molecule has 8 heteroatoms. The predicted octanol–water partition coefficient (Wildman–Crippen LogP) is 5.41. The molecule has 6 nitrogen and oxygen atoms in total. The fraction of sp³-hybridized carbons (Fsp3) is 0.192. The summed E-state index contributed by atoms with van der Waals surface area (Å²) in [5.41, 5.74) is 4.80. The summed E-state index contributed by atoms with van der Waals surface area (Å²) < 4.78 is 0. The predicted molar refractivity (Wildman–Crippen MR) is 135 cm³/mol. The average molecular weight is 492 g/mol. The smallest absolute Gasteiger partial charge is 0.241 e. The molecule has 0 aliphatic carbocycles. The van der Waals surface area contributed by atoms with Gasteiger partial charge in [-0.3, -0.25) is 14.7 Å². The number of piperazine rings is 1. The van der Waals surface area contributed by atoms with Gasteiger partial charge < -0.3 is 9.88 Å². The maximum absolute atomic E-state index is 13.1. The highest BCUT2D eigenvalue weighted by atomic mass is 35.5. The number of amides is 1. The van der Waals surface area contributed by atoms with Gasteiger partial charge in [0.05, 0.1) is 30.3 Å². The van der Waals surface area contributed by atoms with Crippen molar-refractivity contribution in [2.45, 2.75) is 12.5 Å². The van der Waals surface area contributed by atoms with Crippen LogP contribution < -0.4 is 4.90 Å². The van der Waals surface area contributed by atoms with E-state index in [-0.39, 0.29) is 11.9 Å². The van der Waals surface area contributed by atoms with E-state index in [9.17, 15) is 4.79 Å². The van der Waals surface area contributed by atoms with Crippen LogP contribution in [0.4, 0.5) is 5.69 Å². The summed E-state index contributed by atoms with van der Waals surface area (Å²) in [7, 11) is 0. The van der Waals surface area contributed by atoms with Gasteiger partial charge in [0.2, 0.25) is 5.91 Å². The molecule has 3 heterocycles. The van der Waals surface area contributed by atoms with Crippen LogP contribution >= 0.6 is 23.2 Å². The van der Waals surface area contributed by atoms with E-state index in [1.54, 1.807) is 11.2 Å². The van der Waals surface area contributed by atoms with Crippen LogP contribution in [0.1, 0.15) is 17.3 Å². The summed E-state index contributed by atoms with van der Waals surface area (Å²) in [4.78, 5) is 29.2. The fourth-order valence-corrected chi connectivity index (χ4v) is 4.63. The summed E-state index contributed by atoms with van der Waals surface area (Å²) in [5, 5.41) is 1.32. The lowest BCUT2D eigenvalue weighted by atomic mass is 10.0. The molecule has 172 valence electrons. The minimum atomic E-state index is -0.0175. The number of nitrogens with one attached hydrogen (secondary N) is 1. The van der Waals surface area contributed by atoms with E-state index >= 15 is 0 Å². The van der Waals surface area contributed by atoms with Gasteiger partial charge in [-0.1, -0.05) is 47.5 Å². The van der Waals surface area contributed by atoms with Crippen molar-refractivity contribution in [3.63, 3.8) is 0 Å². The molecule has 1 atom stereocenters. The third-order valence-corrected chi connectivity index (χ3v) is 6.57. The molecule has 1 aliphatic rings. The van der Waals surface area contributed by atoms with Crippen molar-refractivity contribution >= 4 is 34.8 Å². The molecule has 0 spiro atoms. The number of halogens is 2. The molecule has 4 aromatic rings. The average Bonchev–Trinajstić information content (AvgIpc) is 3.38. The van der Waals surface area contributed by atoms with Crippen molar-refractivity contribution in [1.82, 2.24) is 19.9 Å². The molecule has 1 N–H and O–H groups in total. The second-order valence-electron chi connectivity index (χ2n) is 8.28. The van der Waals surface area contributed by atoms with Gasteiger partial charge in [-0.25, -0.2) is 4.98 Å². The Morgan fingerprint density at radius 2 is 1.82 bits per heavy atom. The van der Waals surface area contributed by atoms with Crippen molar-refractivity contribution in [2.75, 3.05) is 24.5 Å². The Labute approximate surface area is 208 Å². The summed E-state index contributed by atoms with van der Waals surface area (Å²) >= 11 is 12.1. The van der Waals surface area contributed by atoms with E-state index in [4.69, 9.17) is 23.2 Å². The molecule has 1 aliphatic heterocycles. The Bertz CT molecular complexity index is 1260. The third-order valence-electron chi connectivity index (χ3n) is 6.08. The number of benzene rings is 2. The zero-order valence-corrected chi connectivity index (χ0v) is 19.9. The van der Waals surface area contributed by atoms with Gasteiger partial charge in [-0.05, 0) is 48.4 Å². The van der Waals surface area contributed by atoms with Crippen LogP contribution in [0, 0.1) is 0 Å². The first kappa shape index (κ1) is 22.6. The third kappa shape index (κ3) is 4.99. The monoisotopic (exact) mass is 491 g/mol. The summed E-state index contributed by atoms with van der Waals surface area (Å²) in [6.45, 7) is 1.64. The number of carbonyl (C=O) groups excluding carboxylic acids is 1. The molecule has 1 amide bonds. The number of nitrogens with zero attached hydrogens (tertiary/aromatic N) is 4. The number of anilines is 1. The number of carbonyl (C=O) groups is 1. The first-order valence-electron chi connectivity index (χ1n) is 11.1.